The Morgan fingerprint density at radius 2 is 2.06 bits per heavy atom. The minimum Gasteiger partial charge on any atom is -0.482 e. The molecule has 0 radical (unpaired) electrons. The van der Waals surface area contributed by atoms with Gasteiger partial charge >= 0.3 is 0 Å². The van der Waals surface area contributed by atoms with Gasteiger partial charge in [0.25, 0.3) is 5.91 Å². The number of fused-ring (bicyclic) bond motifs is 1. The molecule has 2 aromatic carbocycles. The van der Waals surface area contributed by atoms with Crippen molar-refractivity contribution in [3.8, 4) is 28.3 Å². The Kier molecular flexibility index (Phi) is 5.60. The molecule has 2 aliphatic rings. The molecule has 2 amide bonds. The predicted octanol–water partition coefficient (Wildman–Crippen LogP) is 2.76. The Hall–Kier alpha value is -3.65. The van der Waals surface area contributed by atoms with Crippen molar-refractivity contribution < 1.29 is 14.3 Å². The van der Waals surface area contributed by atoms with Gasteiger partial charge in [-0.25, -0.2) is 4.98 Å². The SMILES string of the molecule is Cc1cc(CNC[C@H]2CCC(=O)N2)ccc1-c1ncn(C)c1-c1ccc2c(c1)OCC(=O)N2. The first-order valence-electron chi connectivity index (χ1n) is 11.2. The Bertz CT molecular complexity index is 1230. The third-order valence-electron chi connectivity index (χ3n) is 6.18. The van der Waals surface area contributed by atoms with Crippen molar-refractivity contribution in [2.75, 3.05) is 18.5 Å². The first kappa shape index (κ1) is 21.2. The van der Waals surface area contributed by atoms with Gasteiger partial charge in [-0.2, -0.15) is 0 Å². The Labute approximate surface area is 192 Å². The summed E-state index contributed by atoms with van der Waals surface area (Å²) in [6, 6.07) is 12.4. The summed E-state index contributed by atoms with van der Waals surface area (Å²) in [5.74, 6) is 0.661. The average Bonchev–Trinajstić information content (AvgIpc) is 3.38. The second-order valence-electron chi connectivity index (χ2n) is 8.68. The number of aromatic nitrogens is 2. The highest BCUT2D eigenvalue weighted by molar-refractivity contribution is 5.96. The standard InChI is InChI=1S/C25H27N5O3/c1-15-9-16(11-26-12-18-5-8-22(31)28-18)3-6-19(15)24-25(30(2)14-27-24)17-4-7-20-21(10-17)33-13-23(32)29-20/h3-4,6-7,9-10,14,18,26H,5,8,11-13H2,1-2H3,(H,28,31)(H,29,32)/t18-/m1/s1. The number of rotatable bonds is 6. The van der Waals surface area contributed by atoms with E-state index in [0.29, 0.717) is 17.9 Å². The summed E-state index contributed by atoms with van der Waals surface area (Å²) in [4.78, 5) is 27.6. The maximum atomic E-state index is 11.6. The van der Waals surface area contributed by atoms with E-state index < -0.39 is 0 Å². The second kappa shape index (κ2) is 8.71. The van der Waals surface area contributed by atoms with E-state index in [1.165, 1.54) is 5.56 Å². The molecule has 1 atom stereocenters. The van der Waals surface area contributed by atoms with E-state index in [9.17, 15) is 9.59 Å². The van der Waals surface area contributed by atoms with Gasteiger partial charge in [0.15, 0.2) is 6.61 Å². The normalized spacial score (nSPS) is 17.3. The smallest absolute Gasteiger partial charge is 0.262 e. The van der Waals surface area contributed by atoms with Gasteiger partial charge in [-0.15, -0.1) is 0 Å². The lowest BCUT2D eigenvalue weighted by atomic mass is 9.98. The number of nitrogens with one attached hydrogen (secondary N) is 3. The second-order valence-corrected chi connectivity index (χ2v) is 8.68. The average molecular weight is 446 g/mol. The molecular weight excluding hydrogens is 418 g/mol. The highest BCUT2D eigenvalue weighted by Crippen LogP contribution is 2.37. The van der Waals surface area contributed by atoms with Crippen LogP contribution in [0.3, 0.4) is 0 Å². The van der Waals surface area contributed by atoms with Crippen molar-refractivity contribution >= 4 is 17.5 Å². The minimum atomic E-state index is -0.144. The molecule has 8 heteroatoms. The molecule has 0 spiro atoms. The number of benzene rings is 2. The van der Waals surface area contributed by atoms with Crippen LogP contribution in [0.4, 0.5) is 5.69 Å². The van der Waals surface area contributed by atoms with E-state index in [4.69, 9.17) is 9.72 Å². The number of nitrogens with zero attached hydrogens (tertiary/aromatic N) is 2. The number of anilines is 1. The summed E-state index contributed by atoms with van der Waals surface area (Å²) in [6.07, 6.45) is 3.33. The van der Waals surface area contributed by atoms with Crippen LogP contribution in [0.15, 0.2) is 42.7 Å². The predicted molar refractivity (Wildman–Crippen MR) is 126 cm³/mol. The Balaban J connectivity index is 1.36. The van der Waals surface area contributed by atoms with Crippen LogP contribution in [0, 0.1) is 6.92 Å². The molecule has 8 nitrogen and oxygen atoms in total. The summed E-state index contributed by atoms with van der Waals surface area (Å²) < 4.78 is 7.61. The van der Waals surface area contributed by atoms with Crippen LogP contribution in [0.25, 0.3) is 22.5 Å². The summed E-state index contributed by atoms with van der Waals surface area (Å²) in [6.45, 7) is 3.64. The molecule has 0 saturated carbocycles. The first-order chi connectivity index (χ1) is 16.0. The van der Waals surface area contributed by atoms with Crippen molar-refractivity contribution in [2.45, 2.75) is 32.4 Å². The fraction of sp³-hybridized carbons (Fsp3) is 0.320. The van der Waals surface area contributed by atoms with E-state index in [1.54, 1.807) is 0 Å². The zero-order valence-corrected chi connectivity index (χ0v) is 18.8. The van der Waals surface area contributed by atoms with Gasteiger partial charge in [-0.3, -0.25) is 9.59 Å². The van der Waals surface area contributed by atoms with E-state index in [1.807, 2.05) is 36.1 Å². The number of amides is 2. The van der Waals surface area contributed by atoms with Crippen LogP contribution in [-0.4, -0.2) is 40.6 Å². The zero-order chi connectivity index (χ0) is 22.9. The molecule has 5 rings (SSSR count). The lowest BCUT2D eigenvalue weighted by Crippen LogP contribution is -2.35. The highest BCUT2D eigenvalue weighted by Gasteiger charge is 2.21. The number of carbonyl (C=O) groups is 2. The molecule has 3 N–H and O–H groups in total. The number of hydrogen-bond acceptors (Lipinski definition) is 5. The largest absolute Gasteiger partial charge is 0.482 e. The van der Waals surface area contributed by atoms with Crippen LogP contribution in [0.1, 0.15) is 24.0 Å². The van der Waals surface area contributed by atoms with Gasteiger partial charge in [0.05, 0.1) is 23.4 Å². The van der Waals surface area contributed by atoms with E-state index in [2.05, 4.69) is 41.1 Å². The highest BCUT2D eigenvalue weighted by atomic mass is 16.5. The van der Waals surface area contributed by atoms with Gasteiger partial charge in [-0.1, -0.05) is 24.3 Å². The molecular formula is C25H27N5O3. The summed E-state index contributed by atoms with van der Waals surface area (Å²) in [7, 11) is 1.98. The van der Waals surface area contributed by atoms with E-state index in [-0.39, 0.29) is 24.5 Å². The van der Waals surface area contributed by atoms with Crippen molar-refractivity contribution in [3.05, 3.63) is 53.9 Å². The minimum absolute atomic E-state index is 0.0242. The molecule has 0 aliphatic carbocycles. The lowest BCUT2D eigenvalue weighted by Gasteiger charge is -2.19. The quantitative estimate of drug-likeness (QED) is 0.542. The molecule has 0 unspecified atom stereocenters. The molecule has 1 aromatic heterocycles. The van der Waals surface area contributed by atoms with E-state index in [0.717, 1.165) is 47.6 Å². The number of ether oxygens (including phenoxy) is 1. The topological polar surface area (TPSA) is 97.3 Å². The number of carbonyl (C=O) groups excluding carboxylic acids is 2. The van der Waals surface area contributed by atoms with Crippen molar-refractivity contribution in [1.82, 2.24) is 20.2 Å². The Morgan fingerprint density at radius 3 is 2.85 bits per heavy atom. The molecule has 0 bridgehead atoms. The maximum Gasteiger partial charge on any atom is 0.262 e. The number of hydrogen-bond donors (Lipinski definition) is 3. The first-order valence-corrected chi connectivity index (χ1v) is 11.2. The van der Waals surface area contributed by atoms with Crippen molar-refractivity contribution in [3.63, 3.8) is 0 Å². The van der Waals surface area contributed by atoms with Gasteiger partial charge in [-0.05, 0) is 36.6 Å². The van der Waals surface area contributed by atoms with Crippen molar-refractivity contribution in [2.24, 2.45) is 7.05 Å². The molecule has 3 heterocycles. The molecule has 1 fully saturated rings. The summed E-state index contributed by atoms with van der Waals surface area (Å²) in [5.41, 5.74) is 6.96. The monoisotopic (exact) mass is 445 g/mol. The zero-order valence-electron chi connectivity index (χ0n) is 18.8. The van der Waals surface area contributed by atoms with Crippen LogP contribution < -0.4 is 20.7 Å². The fourth-order valence-electron chi connectivity index (χ4n) is 4.51. The number of imidazole rings is 1. The van der Waals surface area contributed by atoms with Crippen LogP contribution in [0.2, 0.25) is 0 Å². The van der Waals surface area contributed by atoms with Crippen molar-refractivity contribution in [1.29, 1.82) is 0 Å². The molecule has 3 aromatic rings. The van der Waals surface area contributed by atoms with Crippen LogP contribution in [0.5, 0.6) is 5.75 Å². The number of aryl methyl sites for hydroxylation is 2. The molecule has 170 valence electrons. The lowest BCUT2D eigenvalue weighted by molar-refractivity contribution is -0.119. The van der Waals surface area contributed by atoms with Crippen LogP contribution >= 0.6 is 0 Å². The maximum absolute atomic E-state index is 11.6. The fourth-order valence-corrected chi connectivity index (χ4v) is 4.51. The summed E-state index contributed by atoms with van der Waals surface area (Å²) in [5, 5.41) is 9.26. The van der Waals surface area contributed by atoms with Crippen LogP contribution in [-0.2, 0) is 23.2 Å². The molecule has 33 heavy (non-hydrogen) atoms. The van der Waals surface area contributed by atoms with Gasteiger partial charge in [0.2, 0.25) is 5.91 Å². The third-order valence-corrected chi connectivity index (χ3v) is 6.18. The third kappa shape index (κ3) is 4.34. The Morgan fingerprint density at radius 1 is 1.18 bits per heavy atom. The molecule has 1 saturated heterocycles. The van der Waals surface area contributed by atoms with Gasteiger partial charge in [0.1, 0.15) is 5.75 Å². The van der Waals surface area contributed by atoms with Gasteiger partial charge in [0, 0.05) is 43.7 Å². The summed E-state index contributed by atoms with van der Waals surface area (Å²) >= 11 is 0. The molecule has 2 aliphatic heterocycles. The van der Waals surface area contributed by atoms with E-state index >= 15 is 0 Å². The van der Waals surface area contributed by atoms with Gasteiger partial charge < -0.3 is 25.3 Å².